The molecule has 0 aliphatic heterocycles. The second-order valence-corrected chi connectivity index (χ2v) is 5.26. The van der Waals surface area contributed by atoms with Crippen LogP contribution in [0.15, 0.2) is 17.1 Å². The van der Waals surface area contributed by atoms with Gasteiger partial charge in [-0.3, -0.25) is 0 Å². The molecule has 0 bridgehead atoms. The second-order valence-electron chi connectivity index (χ2n) is 4.93. The van der Waals surface area contributed by atoms with Crippen LogP contribution in [0.3, 0.4) is 0 Å². The Morgan fingerprint density at radius 2 is 2.26 bits per heavy atom. The minimum Gasteiger partial charge on any atom is -0.233 e. The first-order valence-corrected chi connectivity index (χ1v) is 7.30. The van der Waals surface area contributed by atoms with E-state index in [0.717, 1.165) is 30.1 Å². The van der Waals surface area contributed by atoms with Crippen molar-refractivity contribution >= 4 is 23.1 Å². The Morgan fingerprint density at radius 1 is 1.47 bits per heavy atom. The summed E-state index contributed by atoms with van der Waals surface area (Å²) in [5.41, 5.74) is 3.29. The zero-order valence-corrected chi connectivity index (χ0v) is 12.5. The summed E-state index contributed by atoms with van der Waals surface area (Å²) < 4.78 is 0. The molecule has 1 unspecified atom stereocenters. The molecular formula is C15H20ClN3. The number of aryl methyl sites for hydroxylation is 1. The van der Waals surface area contributed by atoms with E-state index in [2.05, 4.69) is 28.8 Å². The average Bonchev–Trinajstić information content (AvgIpc) is 2.37. The van der Waals surface area contributed by atoms with Crippen LogP contribution >= 0.6 is 11.6 Å². The van der Waals surface area contributed by atoms with Crippen LogP contribution in [-0.4, -0.2) is 15.7 Å². The van der Waals surface area contributed by atoms with Gasteiger partial charge in [-0.15, -0.1) is 0 Å². The molecule has 1 atom stereocenters. The minimum absolute atomic E-state index is 0.308. The molecule has 0 spiro atoms. The smallest absolute Gasteiger partial charge is 0.224 e. The number of halogens is 1. The molecule has 1 heterocycles. The number of hydrogen-bond acceptors (Lipinski definition) is 3. The van der Waals surface area contributed by atoms with Gasteiger partial charge in [0, 0.05) is 11.3 Å². The molecule has 0 aromatic carbocycles. The Morgan fingerprint density at radius 3 is 2.95 bits per heavy atom. The van der Waals surface area contributed by atoms with Gasteiger partial charge < -0.3 is 0 Å². The lowest BCUT2D eigenvalue weighted by atomic mass is 9.87. The summed E-state index contributed by atoms with van der Waals surface area (Å²) in [7, 11) is 0. The molecule has 0 saturated heterocycles. The third-order valence-corrected chi connectivity index (χ3v) is 3.66. The van der Waals surface area contributed by atoms with Gasteiger partial charge in [-0.1, -0.05) is 19.9 Å². The molecule has 0 N–H and O–H groups in total. The van der Waals surface area contributed by atoms with Crippen LogP contribution in [0, 0.1) is 0 Å². The van der Waals surface area contributed by atoms with Gasteiger partial charge in [0.15, 0.2) is 5.82 Å². The summed E-state index contributed by atoms with van der Waals surface area (Å²) in [5.74, 6) is 1.22. The molecule has 1 aromatic heterocycles. The van der Waals surface area contributed by atoms with Crippen LogP contribution in [-0.2, 0) is 6.42 Å². The molecule has 1 aliphatic carbocycles. The van der Waals surface area contributed by atoms with Gasteiger partial charge in [0.05, 0.1) is 5.69 Å². The molecule has 1 aliphatic rings. The Kier molecular flexibility index (Phi) is 4.70. The third kappa shape index (κ3) is 3.21. The zero-order valence-electron chi connectivity index (χ0n) is 11.8. The topological polar surface area (TPSA) is 38.1 Å². The zero-order chi connectivity index (χ0) is 13.8. The van der Waals surface area contributed by atoms with Gasteiger partial charge in [0.25, 0.3) is 0 Å². The van der Waals surface area contributed by atoms with Crippen molar-refractivity contribution in [2.45, 2.75) is 52.4 Å². The molecule has 4 heteroatoms. The maximum absolute atomic E-state index is 6.02. The van der Waals surface area contributed by atoms with Crippen molar-refractivity contribution in [2.24, 2.45) is 4.99 Å². The van der Waals surface area contributed by atoms with Gasteiger partial charge in [-0.2, -0.15) is 4.98 Å². The fourth-order valence-electron chi connectivity index (χ4n) is 2.54. The number of hydrogen-bond donors (Lipinski definition) is 0. The summed E-state index contributed by atoms with van der Waals surface area (Å²) in [5, 5.41) is 0.308. The van der Waals surface area contributed by atoms with Crippen molar-refractivity contribution in [2.75, 3.05) is 0 Å². The normalized spacial score (nSPS) is 19.8. The van der Waals surface area contributed by atoms with Crippen LogP contribution in [0.1, 0.15) is 57.2 Å². The molecule has 0 amide bonds. The van der Waals surface area contributed by atoms with Crippen LogP contribution in [0.25, 0.3) is 0 Å². The first-order chi connectivity index (χ1) is 9.15. The predicted molar refractivity (Wildman–Crippen MR) is 80.6 cm³/mol. The maximum atomic E-state index is 6.02. The van der Waals surface area contributed by atoms with Crippen molar-refractivity contribution in [1.82, 2.24) is 9.97 Å². The second kappa shape index (κ2) is 6.29. The van der Waals surface area contributed by atoms with E-state index in [1.54, 1.807) is 0 Å². The van der Waals surface area contributed by atoms with E-state index >= 15 is 0 Å². The Hall–Kier alpha value is -1.22. The van der Waals surface area contributed by atoms with E-state index in [1.165, 1.54) is 18.4 Å². The Balaban J connectivity index is 2.53. The van der Waals surface area contributed by atoms with Crippen LogP contribution < -0.4 is 0 Å². The molecule has 2 rings (SSSR count). The minimum atomic E-state index is 0.308. The van der Waals surface area contributed by atoms with E-state index in [4.69, 9.17) is 11.6 Å². The van der Waals surface area contributed by atoms with Gasteiger partial charge in [-0.25, -0.2) is 9.98 Å². The van der Waals surface area contributed by atoms with Gasteiger partial charge >= 0.3 is 0 Å². The molecule has 0 radical (unpaired) electrons. The molecule has 102 valence electrons. The largest absolute Gasteiger partial charge is 0.233 e. The monoisotopic (exact) mass is 277 g/mol. The molecular weight excluding hydrogens is 258 g/mol. The Bertz CT molecular complexity index is 520. The fraction of sp³-hybridized carbons (Fsp3) is 0.533. The SMILES string of the molecule is C/C=C\C(CC)=Nc1nc(Cl)nc2c1C(C)CCC2. The molecule has 3 nitrogen and oxygen atoms in total. The van der Waals surface area contributed by atoms with Crippen LogP contribution in [0.4, 0.5) is 5.82 Å². The van der Waals surface area contributed by atoms with Crippen molar-refractivity contribution in [1.29, 1.82) is 0 Å². The Labute approximate surface area is 119 Å². The lowest BCUT2D eigenvalue weighted by Crippen LogP contribution is -2.11. The number of allylic oxidation sites excluding steroid dienone is 2. The van der Waals surface area contributed by atoms with Crippen molar-refractivity contribution in [3.05, 3.63) is 28.7 Å². The first-order valence-electron chi connectivity index (χ1n) is 6.92. The summed E-state index contributed by atoms with van der Waals surface area (Å²) in [6.45, 7) is 6.31. The number of aromatic nitrogens is 2. The van der Waals surface area contributed by atoms with E-state index in [0.29, 0.717) is 11.2 Å². The van der Waals surface area contributed by atoms with E-state index in [-0.39, 0.29) is 0 Å². The van der Waals surface area contributed by atoms with Gasteiger partial charge in [0.1, 0.15) is 0 Å². The highest BCUT2D eigenvalue weighted by atomic mass is 35.5. The number of aliphatic imine (C=N–C) groups is 1. The highest BCUT2D eigenvalue weighted by molar-refractivity contribution is 6.28. The van der Waals surface area contributed by atoms with Crippen molar-refractivity contribution in [3.63, 3.8) is 0 Å². The quantitative estimate of drug-likeness (QED) is 0.597. The van der Waals surface area contributed by atoms with Crippen LogP contribution in [0.2, 0.25) is 5.28 Å². The van der Waals surface area contributed by atoms with E-state index in [1.807, 2.05) is 19.1 Å². The van der Waals surface area contributed by atoms with Crippen molar-refractivity contribution in [3.8, 4) is 0 Å². The summed E-state index contributed by atoms with van der Waals surface area (Å²) >= 11 is 6.02. The standard InChI is InChI=1S/C15H20ClN3/c1-4-7-11(5-2)17-14-13-10(3)8-6-9-12(13)18-15(16)19-14/h4,7,10H,5-6,8-9H2,1-3H3/b7-4-,17-11?. The molecule has 1 aromatic rings. The lowest BCUT2D eigenvalue weighted by Gasteiger charge is -2.22. The average molecular weight is 278 g/mol. The lowest BCUT2D eigenvalue weighted by molar-refractivity contribution is 0.576. The van der Waals surface area contributed by atoms with E-state index < -0.39 is 0 Å². The summed E-state index contributed by atoms with van der Waals surface area (Å²) in [6.07, 6.45) is 8.23. The number of nitrogens with zero attached hydrogens (tertiary/aromatic N) is 3. The third-order valence-electron chi connectivity index (χ3n) is 3.49. The number of fused-ring (bicyclic) bond motifs is 1. The highest BCUT2D eigenvalue weighted by Crippen LogP contribution is 2.36. The van der Waals surface area contributed by atoms with Crippen molar-refractivity contribution < 1.29 is 0 Å². The summed E-state index contributed by atoms with van der Waals surface area (Å²) in [4.78, 5) is 13.4. The van der Waals surface area contributed by atoms with Gasteiger partial charge in [0.2, 0.25) is 5.28 Å². The first kappa shape index (κ1) is 14.2. The van der Waals surface area contributed by atoms with Crippen LogP contribution in [0.5, 0.6) is 0 Å². The van der Waals surface area contributed by atoms with Gasteiger partial charge in [-0.05, 0) is 56.2 Å². The fourth-order valence-corrected chi connectivity index (χ4v) is 2.72. The molecule has 19 heavy (non-hydrogen) atoms. The molecule has 0 fully saturated rings. The van der Waals surface area contributed by atoms with E-state index in [9.17, 15) is 0 Å². The number of rotatable bonds is 3. The predicted octanol–water partition coefficient (Wildman–Crippen LogP) is 4.63. The maximum Gasteiger partial charge on any atom is 0.224 e. The summed E-state index contributed by atoms with van der Waals surface area (Å²) in [6, 6.07) is 0. The molecule has 0 saturated carbocycles. The highest BCUT2D eigenvalue weighted by Gasteiger charge is 2.23.